The molecule has 142 valence electrons. The molecule has 2 aromatic carbocycles. The Balaban J connectivity index is 1.64. The molecule has 1 fully saturated rings. The van der Waals surface area contributed by atoms with E-state index in [9.17, 15) is 14.0 Å². The van der Waals surface area contributed by atoms with Crippen molar-refractivity contribution in [1.82, 2.24) is 0 Å². The van der Waals surface area contributed by atoms with Gasteiger partial charge in [-0.1, -0.05) is 0 Å². The molecule has 1 saturated carbocycles. The summed E-state index contributed by atoms with van der Waals surface area (Å²) < 4.78 is 13.0. The number of nitrogens with one attached hydrogen (secondary N) is 2. The smallest absolute Gasteiger partial charge is 0.240 e. The van der Waals surface area contributed by atoms with Gasteiger partial charge >= 0.3 is 0 Å². The van der Waals surface area contributed by atoms with Crippen LogP contribution in [0, 0.1) is 11.2 Å². The van der Waals surface area contributed by atoms with Crippen LogP contribution < -0.4 is 15.5 Å². The average molecular weight is 369 g/mol. The van der Waals surface area contributed by atoms with Crippen molar-refractivity contribution >= 4 is 28.9 Å². The quantitative estimate of drug-likeness (QED) is 0.725. The first kappa shape index (κ1) is 18.9. The lowest BCUT2D eigenvalue weighted by Crippen LogP contribution is -2.35. The van der Waals surface area contributed by atoms with Crippen molar-refractivity contribution in [3.63, 3.8) is 0 Å². The summed E-state index contributed by atoms with van der Waals surface area (Å²) in [6, 6.07) is 13.1. The molecule has 27 heavy (non-hydrogen) atoms. The fourth-order valence-corrected chi connectivity index (χ4v) is 3.06. The van der Waals surface area contributed by atoms with Gasteiger partial charge in [0, 0.05) is 30.2 Å². The zero-order chi connectivity index (χ0) is 19.4. The number of benzene rings is 2. The maximum atomic E-state index is 13.0. The van der Waals surface area contributed by atoms with Gasteiger partial charge in [-0.15, -0.1) is 0 Å². The maximum Gasteiger partial charge on any atom is 0.240 e. The molecule has 6 heteroatoms. The highest BCUT2D eigenvalue weighted by Gasteiger charge is 2.56. The maximum absolute atomic E-state index is 13.0. The summed E-state index contributed by atoms with van der Waals surface area (Å²) in [5, 5.41) is 5.55. The Bertz CT molecular complexity index is 810. The van der Waals surface area contributed by atoms with Crippen molar-refractivity contribution in [3.05, 3.63) is 54.3 Å². The van der Waals surface area contributed by atoms with Crippen molar-refractivity contribution in [1.29, 1.82) is 0 Å². The lowest BCUT2D eigenvalue weighted by molar-refractivity contribution is -0.131. The van der Waals surface area contributed by atoms with Gasteiger partial charge in [0.15, 0.2) is 0 Å². The molecular formula is C21H24FN3O2. The zero-order valence-electron chi connectivity index (χ0n) is 15.6. The van der Waals surface area contributed by atoms with Gasteiger partial charge in [-0.05, 0) is 75.2 Å². The first-order chi connectivity index (χ1) is 13.0. The molecule has 3 rings (SSSR count). The van der Waals surface area contributed by atoms with Gasteiger partial charge in [0.05, 0.1) is 0 Å². The molecule has 0 saturated heterocycles. The Morgan fingerprint density at radius 1 is 0.889 bits per heavy atom. The summed E-state index contributed by atoms with van der Waals surface area (Å²) in [6.07, 6.45) is 1.01. The Morgan fingerprint density at radius 3 is 1.74 bits per heavy atom. The number of hydrogen-bond acceptors (Lipinski definition) is 3. The number of carbonyl (C=O) groups excluding carboxylic acids is 2. The summed E-state index contributed by atoms with van der Waals surface area (Å²) in [6.45, 7) is 6.01. The average Bonchev–Trinajstić information content (AvgIpc) is 3.48. The van der Waals surface area contributed by atoms with Crippen molar-refractivity contribution in [2.24, 2.45) is 5.41 Å². The Kier molecular flexibility index (Phi) is 5.44. The van der Waals surface area contributed by atoms with Crippen LogP contribution >= 0.6 is 0 Å². The fourth-order valence-electron chi connectivity index (χ4n) is 3.06. The van der Waals surface area contributed by atoms with E-state index in [0.717, 1.165) is 18.8 Å². The standard InChI is InChI=1S/C21H24FN3O2/c1-3-25(4-2)18-11-9-17(10-12-18)24-20(27)21(13-14-21)19(26)23-16-7-5-15(22)6-8-16/h5-12H,3-4,13-14H2,1-2H3,(H,23,26)(H,24,27). The normalized spacial score (nSPS) is 14.3. The van der Waals surface area contributed by atoms with Crippen LogP contribution in [0.5, 0.6) is 0 Å². The van der Waals surface area contributed by atoms with Crippen LogP contribution in [0.3, 0.4) is 0 Å². The van der Waals surface area contributed by atoms with Crippen molar-refractivity contribution in [2.75, 3.05) is 28.6 Å². The number of amides is 2. The van der Waals surface area contributed by atoms with E-state index >= 15 is 0 Å². The van der Waals surface area contributed by atoms with E-state index in [1.807, 2.05) is 24.3 Å². The highest BCUT2D eigenvalue weighted by molar-refractivity contribution is 6.16. The molecule has 1 aliphatic carbocycles. The van der Waals surface area contributed by atoms with E-state index in [4.69, 9.17) is 0 Å². The van der Waals surface area contributed by atoms with Gasteiger partial charge in [-0.3, -0.25) is 9.59 Å². The van der Waals surface area contributed by atoms with Crippen LogP contribution in [0.1, 0.15) is 26.7 Å². The SMILES string of the molecule is CCN(CC)c1ccc(NC(=O)C2(C(=O)Nc3ccc(F)cc3)CC2)cc1. The highest BCUT2D eigenvalue weighted by atomic mass is 19.1. The minimum atomic E-state index is -1.05. The molecular weight excluding hydrogens is 345 g/mol. The van der Waals surface area contributed by atoms with E-state index < -0.39 is 5.41 Å². The van der Waals surface area contributed by atoms with E-state index in [-0.39, 0.29) is 17.6 Å². The molecule has 1 aliphatic rings. The molecule has 0 radical (unpaired) electrons. The number of anilines is 3. The predicted octanol–water partition coefficient (Wildman–Crippen LogP) is 4.03. The number of nitrogens with zero attached hydrogens (tertiary/aromatic N) is 1. The van der Waals surface area contributed by atoms with Crippen LogP contribution in [0.4, 0.5) is 21.5 Å². The summed E-state index contributed by atoms with van der Waals surface area (Å²) in [4.78, 5) is 27.4. The zero-order valence-corrected chi connectivity index (χ0v) is 15.6. The third kappa shape index (κ3) is 4.10. The van der Waals surface area contributed by atoms with E-state index in [2.05, 4.69) is 29.4 Å². The molecule has 2 aromatic rings. The minimum Gasteiger partial charge on any atom is -0.372 e. The molecule has 0 heterocycles. The van der Waals surface area contributed by atoms with Gasteiger partial charge < -0.3 is 15.5 Å². The van der Waals surface area contributed by atoms with Crippen LogP contribution in [0.2, 0.25) is 0 Å². The van der Waals surface area contributed by atoms with E-state index in [1.54, 1.807) is 0 Å². The van der Waals surface area contributed by atoms with Crippen LogP contribution in [-0.2, 0) is 9.59 Å². The lowest BCUT2D eigenvalue weighted by Gasteiger charge is -2.21. The van der Waals surface area contributed by atoms with E-state index in [1.165, 1.54) is 24.3 Å². The van der Waals surface area contributed by atoms with Crippen LogP contribution in [0.25, 0.3) is 0 Å². The summed E-state index contributed by atoms with van der Waals surface area (Å²) in [5.41, 5.74) is 1.18. The molecule has 0 aliphatic heterocycles. The van der Waals surface area contributed by atoms with Crippen LogP contribution in [-0.4, -0.2) is 24.9 Å². The molecule has 0 atom stereocenters. The first-order valence-electron chi connectivity index (χ1n) is 9.22. The van der Waals surface area contributed by atoms with Gasteiger partial charge in [0.25, 0.3) is 0 Å². The predicted molar refractivity (Wildman–Crippen MR) is 105 cm³/mol. The molecule has 0 aromatic heterocycles. The number of halogens is 1. The molecule has 0 spiro atoms. The topological polar surface area (TPSA) is 61.4 Å². The number of hydrogen-bond donors (Lipinski definition) is 2. The van der Waals surface area contributed by atoms with Gasteiger partial charge in [-0.2, -0.15) is 0 Å². The number of carbonyl (C=O) groups is 2. The third-order valence-corrected chi connectivity index (χ3v) is 4.98. The second kappa shape index (κ2) is 7.78. The van der Waals surface area contributed by atoms with Gasteiger partial charge in [0.1, 0.15) is 11.2 Å². The largest absolute Gasteiger partial charge is 0.372 e. The van der Waals surface area contributed by atoms with Gasteiger partial charge in [-0.25, -0.2) is 4.39 Å². The molecule has 2 amide bonds. The Morgan fingerprint density at radius 2 is 1.33 bits per heavy atom. The molecule has 0 bridgehead atoms. The summed E-state index contributed by atoms with van der Waals surface area (Å²) in [5.74, 6) is -1.04. The second-order valence-corrected chi connectivity index (χ2v) is 6.72. The highest BCUT2D eigenvalue weighted by Crippen LogP contribution is 2.47. The van der Waals surface area contributed by atoms with Crippen molar-refractivity contribution in [2.45, 2.75) is 26.7 Å². The van der Waals surface area contributed by atoms with Crippen molar-refractivity contribution in [3.8, 4) is 0 Å². The lowest BCUT2D eigenvalue weighted by atomic mass is 10.0. The van der Waals surface area contributed by atoms with Crippen molar-refractivity contribution < 1.29 is 14.0 Å². The second-order valence-electron chi connectivity index (χ2n) is 6.72. The Labute approximate surface area is 158 Å². The summed E-state index contributed by atoms with van der Waals surface area (Å²) >= 11 is 0. The third-order valence-electron chi connectivity index (χ3n) is 4.98. The first-order valence-corrected chi connectivity index (χ1v) is 9.22. The Hall–Kier alpha value is -2.89. The van der Waals surface area contributed by atoms with Gasteiger partial charge in [0.2, 0.25) is 11.8 Å². The van der Waals surface area contributed by atoms with Crippen LogP contribution in [0.15, 0.2) is 48.5 Å². The molecule has 0 unspecified atom stereocenters. The molecule has 2 N–H and O–H groups in total. The minimum absolute atomic E-state index is 0.308. The van der Waals surface area contributed by atoms with E-state index in [0.29, 0.717) is 24.2 Å². The monoisotopic (exact) mass is 369 g/mol. The fraction of sp³-hybridized carbons (Fsp3) is 0.333. The molecule has 5 nitrogen and oxygen atoms in total. The summed E-state index contributed by atoms with van der Waals surface area (Å²) in [7, 11) is 0. The number of rotatable bonds is 7.